The van der Waals surface area contributed by atoms with E-state index in [9.17, 15) is 14.7 Å². The molecule has 1 aliphatic rings. The van der Waals surface area contributed by atoms with Crippen LogP contribution in [0.2, 0.25) is 0 Å². The number of methoxy groups -OCH3 is 1. The van der Waals surface area contributed by atoms with Gasteiger partial charge < -0.3 is 20.1 Å². The predicted molar refractivity (Wildman–Crippen MR) is 94.8 cm³/mol. The summed E-state index contributed by atoms with van der Waals surface area (Å²) in [7, 11) is 1.60. The average molecular weight is 344 g/mol. The summed E-state index contributed by atoms with van der Waals surface area (Å²) >= 11 is 0. The molecule has 1 aliphatic carbocycles. The van der Waals surface area contributed by atoms with Gasteiger partial charge in [-0.1, -0.05) is 25.7 Å². The van der Waals surface area contributed by atoms with Gasteiger partial charge in [0.25, 0.3) is 0 Å². The Balaban J connectivity index is 1.78. The molecule has 1 saturated carbocycles. The van der Waals surface area contributed by atoms with Gasteiger partial charge >= 0.3 is 5.97 Å². The normalized spacial score (nSPS) is 17.0. The number of hydrogen-bond donors (Lipinski definition) is 3. The number of carbonyl (C=O) groups excluding carboxylic acids is 1. The van der Waals surface area contributed by atoms with Crippen molar-refractivity contribution in [3.8, 4) is 5.75 Å². The number of rotatable bonds is 5. The first-order chi connectivity index (χ1) is 12.0. The Bertz CT molecular complexity index is 773. The SMILES string of the molecule is COc1ccc2[nH]cc(CC(=O)NC3(C(=O)O)CCCCCC3)c2c1. The first-order valence-electron chi connectivity index (χ1n) is 8.72. The van der Waals surface area contributed by atoms with Crippen LogP contribution in [0.3, 0.4) is 0 Å². The summed E-state index contributed by atoms with van der Waals surface area (Å²) < 4.78 is 5.24. The lowest BCUT2D eigenvalue weighted by atomic mass is 9.90. The van der Waals surface area contributed by atoms with Crippen LogP contribution in [0.15, 0.2) is 24.4 Å². The second kappa shape index (κ2) is 7.17. The molecule has 1 aromatic heterocycles. The molecule has 0 unspecified atom stereocenters. The molecule has 1 heterocycles. The van der Waals surface area contributed by atoms with Crippen molar-refractivity contribution in [2.75, 3.05) is 7.11 Å². The average Bonchev–Trinajstić information content (AvgIpc) is 2.83. The molecular weight excluding hydrogens is 320 g/mol. The van der Waals surface area contributed by atoms with E-state index in [1.165, 1.54) is 0 Å². The number of nitrogens with one attached hydrogen (secondary N) is 2. The Morgan fingerprint density at radius 2 is 1.96 bits per heavy atom. The van der Waals surface area contributed by atoms with Crippen molar-refractivity contribution in [2.45, 2.75) is 50.5 Å². The molecule has 0 saturated heterocycles. The summed E-state index contributed by atoms with van der Waals surface area (Å²) in [5.74, 6) is -0.462. The third-order valence-electron chi connectivity index (χ3n) is 5.07. The fourth-order valence-electron chi connectivity index (χ4n) is 3.64. The Morgan fingerprint density at radius 1 is 1.24 bits per heavy atom. The highest BCUT2D eigenvalue weighted by Gasteiger charge is 2.39. The highest BCUT2D eigenvalue weighted by atomic mass is 16.5. The second-order valence-corrected chi connectivity index (χ2v) is 6.75. The first kappa shape index (κ1) is 17.3. The third kappa shape index (κ3) is 3.62. The van der Waals surface area contributed by atoms with E-state index in [-0.39, 0.29) is 12.3 Å². The molecule has 2 aromatic rings. The van der Waals surface area contributed by atoms with E-state index in [1.54, 1.807) is 13.3 Å². The number of fused-ring (bicyclic) bond motifs is 1. The highest BCUT2D eigenvalue weighted by Crippen LogP contribution is 2.28. The molecule has 6 nitrogen and oxygen atoms in total. The lowest BCUT2D eigenvalue weighted by Crippen LogP contribution is -2.54. The van der Waals surface area contributed by atoms with Crippen molar-refractivity contribution in [3.63, 3.8) is 0 Å². The van der Waals surface area contributed by atoms with Crippen LogP contribution in [0.1, 0.15) is 44.1 Å². The minimum absolute atomic E-state index is 0.141. The Labute approximate surface area is 146 Å². The van der Waals surface area contributed by atoms with Gasteiger partial charge in [-0.2, -0.15) is 0 Å². The smallest absolute Gasteiger partial charge is 0.329 e. The third-order valence-corrected chi connectivity index (χ3v) is 5.07. The van der Waals surface area contributed by atoms with Crippen molar-refractivity contribution in [3.05, 3.63) is 30.0 Å². The van der Waals surface area contributed by atoms with Crippen LogP contribution in [0.4, 0.5) is 0 Å². The second-order valence-electron chi connectivity index (χ2n) is 6.75. The zero-order chi connectivity index (χ0) is 17.9. The van der Waals surface area contributed by atoms with E-state index >= 15 is 0 Å². The zero-order valence-corrected chi connectivity index (χ0v) is 14.4. The molecule has 1 amide bonds. The largest absolute Gasteiger partial charge is 0.497 e. The maximum atomic E-state index is 12.6. The van der Waals surface area contributed by atoms with E-state index in [0.29, 0.717) is 12.8 Å². The van der Waals surface area contributed by atoms with Gasteiger partial charge in [0.1, 0.15) is 11.3 Å². The van der Waals surface area contributed by atoms with Gasteiger partial charge in [-0.3, -0.25) is 4.79 Å². The van der Waals surface area contributed by atoms with E-state index < -0.39 is 11.5 Å². The fourth-order valence-corrected chi connectivity index (χ4v) is 3.64. The van der Waals surface area contributed by atoms with E-state index in [1.807, 2.05) is 18.2 Å². The molecule has 0 aliphatic heterocycles. The van der Waals surface area contributed by atoms with Crippen molar-refractivity contribution in [1.29, 1.82) is 0 Å². The summed E-state index contributed by atoms with van der Waals surface area (Å²) in [5.41, 5.74) is 0.628. The monoisotopic (exact) mass is 344 g/mol. The van der Waals surface area contributed by atoms with Gasteiger partial charge in [-0.25, -0.2) is 4.79 Å². The number of hydrogen-bond acceptors (Lipinski definition) is 3. The van der Waals surface area contributed by atoms with Crippen LogP contribution in [0.5, 0.6) is 5.75 Å². The maximum Gasteiger partial charge on any atom is 0.329 e. The molecule has 134 valence electrons. The number of aromatic nitrogens is 1. The topological polar surface area (TPSA) is 91.4 Å². The summed E-state index contributed by atoms with van der Waals surface area (Å²) in [4.78, 5) is 27.5. The molecular formula is C19H24N2O4. The zero-order valence-electron chi connectivity index (χ0n) is 14.4. The Morgan fingerprint density at radius 3 is 2.60 bits per heavy atom. The lowest BCUT2D eigenvalue weighted by molar-refractivity contribution is -0.148. The minimum Gasteiger partial charge on any atom is -0.497 e. The summed E-state index contributed by atoms with van der Waals surface area (Å²) in [6.45, 7) is 0. The van der Waals surface area contributed by atoms with Crippen molar-refractivity contribution >= 4 is 22.8 Å². The number of H-pyrrole nitrogens is 1. The number of carboxylic acid groups (broad SMARTS) is 1. The molecule has 0 radical (unpaired) electrons. The van der Waals surface area contributed by atoms with Crippen LogP contribution in [0.25, 0.3) is 10.9 Å². The number of amides is 1. The molecule has 0 atom stereocenters. The Hall–Kier alpha value is -2.50. The summed E-state index contributed by atoms with van der Waals surface area (Å²) in [6, 6.07) is 5.64. The quantitative estimate of drug-likeness (QED) is 0.727. The van der Waals surface area contributed by atoms with Crippen molar-refractivity contribution in [1.82, 2.24) is 10.3 Å². The minimum atomic E-state index is -1.13. The van der Waals surface area contributed by atoms with E-state index in [4.69, 9.17) is 4.74 Å². The van der Waals surface area contributed by atoms with Crippen LogP contribution in [-0.2, 0) is 16.0 Å². The molecule has 3 rings (SSSR count). The van der Waals surface area contributed by atoms with Crippen molar-refractivity contribution < 1.29 is 19.4 Å². The standard InChI is InChI=1S/C19H24N2O4/c1-25-14-6-7-16-15(11-14)13(12-20-16)10-17(22)21-19(18(23)24)8-4-2-3-5-9-19/h6-7,11-12,20H,2-5,8-10H2,1H3,(H,21,22)(H,23,24). The van der Waals surface area contributed by atoms with Gasteiger partial charge in [0, 0.05) is 17.1 Å². The predicted octanol–water partition coefficient (Wildman–Crippen LogP) is 3.01. The van der Waals surface area contributed by atoms with Gasteiger partial charge in [0.15, 0.2) is 0 Å². The van der Waals surface area contributed by atoms with Crippen molar-refractivity contribution in [2.24, 2.45) is 0 Å². The fraction of sp³-hybridized carbons (Fsp3) is 0.474. The van der Waals surface area contributed by atoms with Crippen LogP contribution < -0.4 is 10.1 Å². The molecule has 3 N–H and O–H groups in total. The van der Waals surface area contributed by atoms with Gasteiger partial charge in [-0.05, 0) is 36.6 Å². The van der Waals surface area contributed by atoms with Gasteiger partial charge in [-0.15, -0.1) is 0 Å². The van der Waals surface area contributed by atoms with Gasteiger partial charge in [0.05, 0.1) is 13.5 Å². The van der Waals surface area contributed by atoms with Crippen LogP contribution in [0, 0.1) is 0 Å². The van der Waals surface area contributed by atoms with Gasteiger partial charge in [0.2, 0.25) is 5.91 Å². The van der Waals surface area contributed by atoms with Crippen LogP contribution >= 0.6 is 0 Å². The molecule has 0 spiro atoms. The molecule has 6 heteroatoms. The summed E-state index contributed by atoms with van der Waals surface area (Å²) in [6.07, 6.45) is 6.63. The molecule has 25 heavy (non-hydrogen) atoms. The molecule has 0 bridgehead atoms. The van der Waals surface area contributed by atoms with E-state index in [2.05, 4.69) is 10.3 Å². The van der Waals surface area contributed by atoms with E-state index in [0.717, 1.165) is 47.9 Å². The number of ether oxygens (including phenoxy) is 1. The summed E-state index contributed by atoms with van der Waals surface area (Å²) in [5, 5.41) is 13.4. The maximum absolute atomic E-state index is 12.6. The number of benzene rings is 1. The number of aromatic amines is 1. The number of carboxylic acids is 1. The highest BCUT2D eigenvalue weighted by molar-refractivity contribution is 5.92. The molecule has 1 aromatic carbocycles. The lowest BCUT2D eigenvalue weighted by Gasteiger charge is -2.29. The number of aliphatic carboxylic acids is 1. The first-order valence-corrected chi connectivity index (χ1v) is 8.72. The Kier molecular flexibility index (Phi) is 4.97. The van der Waals surface area contributed by atoms with Crippen LogP contribution in [-0.4, -0.2) is 34.6 Å². The molecule has 1 fully saturated rings. The number of carbonyl (C=O) groups is 2.